The zero-order valence-electron chi connectivity index (χ0n) is 11.6. The Balaban J connectivity index is 1.85. The molecule has 2 heterocycles. The number of aryl methyl sites for hydroxylation is 1. The van der Waals surface area contributed by atoms with E-state index in [4.69, 9.17) is 0 Å². The number of aromatic nitrogens is 3. The van der Waals surface area contributed by atoms with E-state index in [9.17, 15) is 4.79 Å². The van der Waals surface area contributed by atoms with Crippen LogP contribution in [0.1, 0.15) is 21.7 Å². The fraction of sp³-hybridized carbons (Fsp3) is 0.286. The SMILES string of the molecule is CNC(=O)c1ccc(NCCc2ccc(C)nc2)nn1. The van der Waals surface area contributed by atoms with E-state index < -0.39 is 0 Å². The maximum atomic E-state index is 11.3. The number of amides is 1. The minimum absolute atomic E-state index is 0.241. The van der Waals surface area contributed by atoms with Crippen LogP contribution in [0.2, 0.25) is 0 Å². The van der Waals surface area contributed by atoms with Gasteiger partial charge in [0, 0.05) is 25.5 Å². The highest BCUT2D eigenvalue weighted by atomic mass is 16.1. The highest BCUT2D eigenvalue weighted by Gasteiger charge is 2.05. The van der Waals surface area contributed by atoms with E-state index in [0.29, 0.717) is 11.5 Å². The molecule has 2 aromatic rings. The Morgan fingerprint density at radius 2 is 2.05 bits per heavy atom. The number of carbonyl (C=O) groups excluding carboxylic acids is 1. The number of nitrogens with zero attached hydrogens (tertiary/aromatic N) is 3. The molecule has 2 N–H and O–H groups in total. The summed E-state index contributed by atoms with van der Waals surface area (Å²) < 4.78 is 0. The molecule has 0 unspecified atom stereocenters. The highest BCUT2D eigenvalue weighted by molar-refractivity contribution is 5.91. The maximum Gasteiger partial charge on any atom is 0.271 e. The van der Waals surface area contributed by atoms with E-state index in [1.54, 1.807) is 19.2 Å². The summed E-state index contributed by atoms with van der Waals surface area (Å²) in [7, 11) is 1.56. The lowest BCUT2D eigenvalue weighted by atomic mass is 10.2. The number of anilines is 1. The summed E-state index contributed by atoms with van der Waals surface area (Å²) in [4.78, 5) is 15.6. The topological polar surface area (TPSA) is 79.8 Å². The van der Waals surface area contributed by atoms with Crippen molar-refractivity contribution in [2.24, 2.45) is 0 Å². The predicted molar refractivity (Wildman–Crippen MR) is 76.6 cm³/mol. The summed E-state index contributed by atoms with van der Waals surface area (Å²) in [5, 5.41) is 13.5. The van der Waals surface area contributed by atoms with Gasteiger partial charge in [0.25, 0.3) is 5.91 Å². The van der Waals surface area contributed by atoms with Crippen LogP contribution in [0.4, 0.5) is 5.82 Å². The van der Waals surface area contributed by atoms with Crippen molar-refractivity contribution in [3.63, 3.8) is 0 Å². The van der Waals surface area contributed by atoms with Crippen LogP contribution < -0.4 is 10.6 Å². The molecular weight excluding hydrogens is 254 g/mol. The van der Waals surface area contributed by atoms with Crippen molar-refractivity contribution in [2.75, 3.05) is 18.9 Å². The molecule has 1 amide bonds. The lowest BCUT2D eigenvalue weighted by Gasteiger charge is -2.05. The molecule has 0 fully saturated rings. The Kier molecular flexibility index (Phi) is 4.60. The van der Waals surface area contributed by atoms with Crippen molar-refractivity contribution in [1.82, 2.24) is 20.5 Å². The largest absolute Gasteiger partial charge is 0.368 e. The van der Waals surface area contributed by atoms with Crippen LogP contribution in [-0.4, -0.2) is 34.7 Å². The number of hydrogen-bond acceptors (Lipinski definition) is 5. The molecule has 6 heteroatoms. The van der Waals surface area contributed by atoms with E-state index in [1.165, 1.54) is 0 Å². The Morgan fingerprint density at radius 1 is 1.20 bits per heavy atom. The van der Waals surface area contributed by atoms with Crippen molar-refractivity contribution < 1.29 is 4.79 Å². The normalized spacial score (nSPS) is 10.1. The van der Waals surface area contributed by atoms with E-state index >= 15 is 0 Å². The number of rotatable bonds is 5. The van der Waals surface area contributed by atoms with Crippen LogP contribution in [0, 0.1) is 6.92 Å². The second-order valence-corrected chi connectivity index (χ2v) is 4.37. The van der Waals surface area contributed by atoms with Gasteiger partial charge in [-0.1, -0.05) is 6.07 Å². The Hall–Kier alpha value is -2.50. The second-order valence-electron chi connectivity index (χ2n) is 4.37. The molecule has 0 aliphatic rings. The molecule has 0 saturated heterocycles. The molecule has 0 aliphatic carbocycles. The number of pyridine rings is 1. The lowest BCUT2D eigenvalue weighted by Crippen LogP contribution is -2.20. The van der Waals surface area contributed by atoms with Crippen molar-refractivity contribution in [2.45, 2.75) is 13.3 Å². The molecule has 104 valence electrons. The van der Waals surface area contributed by atoms with Crippen molar-refractivity contribution >= 4 is 11.7 Å². The molecule has 2 aromatic heterocycles. The van der Waals surface area contributed by atoms with Crippen LogP contribution in [0.25, 0.3) is 0 Å². The van der Waals surface area contributed by atoms with Crippen LogP contribution in [0.3, 0.4) is 0 Å². The fourth-order valence-corrected chi connectivity index (χ4v) is 1.66. The molecule has 6 nitrogen and oxygen atoms in total. The Bertz CT molecular complexity index is 565. The highest BCUT2D eigenvalue weighted by Crippen LogP contribution is 2.04. The zero-order chi connectivity index (χ0) is 14.4. The first-order chi connectivity index (χ1) is 9.69. The monoisotopic (exact) mass is 271 g/mol. The summed E-state index contributed by atoms with van der Waals surface area (Å²) in [6.45, 7) is 2.70. The van der Waals surface area contributed by atoms with Gasteiger partial charge >= 0.3 is 0 Å². The van der Waals surface area contributed by atoms with Crippen molar-refractivity contribution in [1.29, 1.82) is 0 Å². The maximum absolute atomic E-state index is 11.3. The van der Waals surface area contributed by atoms with E-state index in [2.05, 4.69) is 31.9 Å². The average molecular weight is 271 g/mol. The molecule has 0 aliphatic heterocycles. The zero-order valence-corrected chi connectivity index (χ0v) is 11.6. The van der Waals surface area contributed by atoms with Crippen LogP contribution in [0.15, 0.2) is 30.5 Å². The third-order valence-corrected chi connectivity index (χ3v) is 2.82. The van der Waals surface area contributed by atoms with Crippen LogP contribution in [-0.2, 0) is 6.42 Å². The summed E-state index contributed by atoms with van der Waals surface area (Å²) >= 11 is 0. The molecule has 0 atom stereocenters. The van der Waals surface area contributed by atoms with Gasteiger partial charge in [0.2, 0.25) is 0 Å². The first kappa shape index (κ1) is 13.9. The lowest BCUT2D eigenvalue weighted by molar-refractivity contribution is 0.0957. The van der Waals surface area contributed by atoms with E-state index in [0.717, 1.165) is 24.2 Å². The van der Waals surface area contributed by atoms with Gasteiger partial charge in [-0.3, -0.25) is 9.78 Å². The van der Waals surface area contributed by atoms with Gasteiger partial charge < -0.3 is 10.6 Å². The fourth-order valence-electron chi connectivity index (χ4n) is 1.66. The van der Waals surface area contributed by atoms with Gasteiger partial charge in [0.05, 0.1) is 0 Å². The molecule has 0 radical (unpaired) electrons. The van der Waals surface area contributed by atoms with Crippen molar-refractivity contribution in [3.05, 3.63) is 47.4 Å². The Labute approximate surface area is 117 Å². The minimum Gasteiger partial charge on any atom is -0.368 e. The standard InChI is InChI=1S/C14H17N5O/c1-10-3-4-11(9-17-10)7-8-16-13-6-5-12(18-19-13)14(20)15-2/h3-6,9H,7-8H2,1-2H3,(H,15,20)(H,16,19). The van der Waals surface area contributed by atoms with Gasteiger partial charge in [0.15, 0.2) is 5.69 Å². The van der Waals surface area contributed by atoms with Crippen LogP contribution in [0.5, 0.6) is 0 Å². The van der Waals surface area contributed by atoms with Gasteiger partial charge in [-0.05, 0) is 37.1 Å². The molecule has 2 rings (SSSR count). The van der Waals surface area contributed by atoms with Gasteiger partial charge in [0.1, 0.15) is 5.82 Å². The first-order valence-electron chi connectivity index (χ1n) is 6.40. The number of nitrogens with one attached hydrogen (secondary N) is 2. The quantitative estimate of drug-likeness (QED) is 0.854. The van der Waals surface area contributed by atoms with Gasteiger partial charge in [-0.2, -0.15) is 0 Å². The molecule has 0 saturated carbocycles. The molecule has 0 aromatic carbocycles. The van der Waals surface area contributed by atoms with E-state index in [-0.39, 0.29) is 5.91 Å². The van der Waals surface area contributed by atoms with Crippen LogP contribution >= 0.6 is 0 Å². The number of carbonyl (C=O) groups is 1. The summed E-state index contributed by atoms with van der Waals surface area (Å²) in [5.74, 6) is 0.410. The third kappa shape index (κ3) is 3.74. The molecular formula is C14H17N5O. The average Bonchev–Trinajstić information content (AvgIpc) is 2.49. The Morgan fingerprint density at radius 3 is 2.65 bits per heavy atom. The third-order valence-electron chi connectivity index (χ3n) is 2.82. The minimum atomic E-state index is -0.241. The van der Waals surface area contributed by atoms with Gasteiger partial charge in [-0.25, -0.2) is 0 Å². The molecule has 0 spiro atoms. The second kappa shape index (κ2) is 6.60. The van der Waals surface area contributed by atoms with Crippen molar-refractivity contribution in [3.8, 4) is 0 Å². The first-order valence-corrected chi connectivity index (χ1v) is 6.40. The smallest absolute Gasteiger partial charge is 0.271 e. The molecule has 0 bridgehead atoms. The number of hydrogen-bond donors (Lipinski definition) is 2. The van der Waals surface area contributed by atoms with Gasteiger partial charge in [-0.15, -0.1) is 10.2 Å². The summed E-state index contributed by atoms with van der Waals surface area (Å²) in [6, 6.07) is 7.43. The summed E-state index contributed by atoms with van der Waals surface area (Å²) in [5.41, 5.74) is 2.48. The predicted octanol–water partition coefficient (Wildman–Crippen LogP) is 1.19. The summed E-state index contributed by atoms with van der Waals surface area (Å²) in [6.07, 6.45) is 2.73. The molecule has 20 heavy (non-hydrogen) atoms. The van der Waals surface area contributed by atoms with E-state index in [1.807, 2.05) is 19.2 Å².